The van der Waals surface area contributed by atoms with E-state index in [1.54, 1.807) is 12.1 Å². The van der Waals surface area contributed by atoms with E-state index in [4.69, 9.17) is 18.9 Å². The molecule has 2 bridgehead atoms. The quantitative estimate of drug-likeness (QED) is 0.338. The third kappa shape index (κ3) is 4.34. The van der Waals surface area contributed by atoms with Crippen LogP contribution in [0.15, 0.2) is 48.2 Å². The summed E-state index contributed by atoms with van der Waals surface area (Å²) in [6.45, 7) is 1.86. The average molecular weight is 497 g/mol. The highest BCUT2D eigenvalue weighted by molar-refractivity contribution is 5.97. The number of ether oxygens (including phenoxy) is 4. The summed E-state index contributed by atoms with van der Waals surface area (Å²) in [5, 5.41) is 0.815. The number of hydrogen-bond donors (Lipinski definition) is 0. The first-order chi connectivity index (χ1) is 17.3. The normalized spacial score (nSPS) is 20.5. The van der Waals surface area contributed by atoms with Gasteiger partial charge in [0, 0.05) is 36.1 Å². The van der Waals surface area contributed by atoms with E-state index < -0.39 is 35.8 Å². The van der Waals surface area contributed by atoms with Crippen molar-refractivity contribution in [1.82, 2.24) is 9.47 Å². The Hall–Kier alpha value is -4.08. The van der Waals surface area contributed by atoms with Crippen LogP contribution in [0.1, 0.15) is 36.6 Å². The number of fused-ring (bicyclic) bond motifs is 6. The number of para-hydroxylation sites is 1. The van der Waals surface area contributed by atoms with Gasteiger partial charge in [0.2, 0.25) is 0 Å². The van der Waals surface area contributed by atoms with Crippen molar-refractivity contribution in [3.8, 4) is 0 Å². The lowest BCUT2D eigenvalue weighted by molar-refractivity contribution is -0.145. The van der Waals surface area contributed by atoms with Crippen LogP contribution in [0.4, 0.5) is 4.79 Å². The summed E-state index contributed by atoms with van der Waals surface area (Å²) in [6, 6.07) is 7.16. The maximum absolute atomic E-state index is 13.2. The number of hydrogen-bond acceptors (Lipinski definition) is 9. The molecule has 1 aromatic carbocycles. The van der Waals surface area contributed by atoms with Gasteiger partial charge in [-0.1, -0.05) is 24.3 Å². The van der Waals surface area contributed by atoms with Crippen molar-refractivity contribution in [2.45, 2.75) is 25.3 Å². The number of rotatable bonds is 6. The molecule has 1 aliphatic carbocycles. The highest BCUT2D eigenvalue weighted by Gasteiger charge is 2.49. The lowest BCUT2D eigenvalue weighted by Crippen LogP contribution is -2.42. The number of carbonyl (C=O) groups is 4. The molecule has 2 heterocycles. The van der Waals surface area contributed by atoms with Gasteiger partial charge in [-0.15, -0.1) is 0 Å². The summed E-state index contributed by atoms with van der Waals surface area (Å²) in [5.74, 6) is -2.65. The second kappa shape index (κ2) is 10.3. The molecule has 190 valence electrons. The number of benzene rings is 1. The van der Waals surface area contributed by atoms with Gasteiger partial charge in [0.05, 0.1) is 45.1 Å². The maximum atomic E-state index is 13.2. The van der Waals surface area contributed by atoms with Crippen molar-refractivity contribution < 1.29 is 38.1 Å². The van der Waals surface area contributed by atoms with E-state index >= 15 is 0 Å². The summed E-state index contributed by atoms with van der Waals surface area (Å²) in [6.07, 6.45) is 4.65. The molecule has 10 heteroatoms. The molecule has 10 nitrogen and oxygen atoms in total. The smallest absolute Gasteiger partial charge is 0.418 e. The number of nitrogens with zero attached hydrogens (tertiary/aromatic N) is 2. The number of allylic oxidation sites excluding steroid dienone is 2. The zero-order chi connectivity index (χ0) is 26.0. The van der Waals surface area contributed by atoms with Crippen molar-refractivity contribution in [2.24, 2.45) is 5.92 Å². The Kier molecular flexibility index (Phi) is 7.14. The van der Waals surface area contributed by atoms with Crippen LogP contribution in [0.5, 0.6) is 0 Å². The number of esters is 3. The molecule has 3 atom stereocenters. The monoisotopic (exact) mass is 496 g/mol. The van der Waals surface area contributed by atoms with Crippen LogP contribution in [0.3, 0.4) is 0 Å². The largest absolute Gasteiger partial charge is 0.468 e. The molecule has 1 aromatic heterocycles. The SMILES string of the molecule is COC(=O)/C=C/C1=CN(CCOC(C)=O)[C@H]2C[C@@H]1[C@H](C(=O)OC)c1c2c2ccccc2n1C(=O)OC. The molecule has 0 radical (unpaired) electrons. The Labute approximate surface area is 208 Å². The second-order valence-electron chi connectivity index (χ2n) is 8.54. The van der Waals surface area contributed by atoms with E-state index in [9.17, 15) is 19.2 Å². The van der Waals surface area contributed by atoms with Gasteiger partial charge in [0.1, 0.15) is 12.5 Å². The number of methoxy groups -OCH3 is 3. The van der Waals surface area contributed by atoms with E-state index in [1.165, 1.54) is 38.9 Å². The molecule has 2 aromatic rings. The Morgan fingerprint density at radius 2 is 1.81 bits per heavy atom. The molecule has 0 amide bonds. The highest BCUT2D eigenvalue weighted by Crippen LogP contribution is 2.53. The first-order valence-electron chi connectivity index (χ1n) is 11.5. The zero-order valence-corrected chi connectivity index (χ0v) is 20.6. The molecule has 1 aliphatic heterocycles. The minimum atomic E-state index is -0.822. The fourth-order valence-electron chi connectivity index (χ4n) is 5.24. The molecule has 4 rings (SSSR count). The predicted molar refractivity (Wildman–Crippen MR) is 128 cm³/mol. The standard InChI is InChI=1S/C26H28N2O8/c1-15(29)36-12-11-27-14-16(9-10-21(30)33-2)18-13-20(27)22-17-7-5-6-8-19(17)28(26(32)35-4)24(22)23(18)25(31)34-3/h5-10,14,18,20,23H,11-13H2,1-4H3/b10-9+/t18-,20-,23-/m0/s1. The van der Waals surface area contributed by atoms with Crippen molar-refractivity contribution in [3.63, 3.8) is 0 Å². The summed E-state index contributed by atoms with van der Waals surface area (Å²) in [7, 11) is 3.87. The molecule has 0 fully saturated rings. The van der Waals surface area contributed by atoms with Gasteiger partial charge in [-0.25, -0.2) is 14.2 Å². The van der Waals surface area contributed by atoms with Gasteiger partial charge in [-0.05, 0) is 18.1 Å². The van der Waals surface area contributed by atoms with E-state index in [1.807, 2.05) is 29.3 Å². The van der Waals surface area contributed by atoms with Gasteiger partial charge in [-0.3, -0.25) is 9.59 Å². The molecular weight excluding hydrogens is 468 g/mol. The summed E-state index contributed by atoms with van der Waals surface area (Å²) >= 11 is 0. The van der Waals surface area contributed by atoms with Gasteiger partial charge in [-0.2, -0.15) is 0 Å². The van der Waals surface area contributed by atoms with Crippen LogP contribution in [-0.4, -0.2) is 67.9 Å². The first kappa shape index (κ1) is 25.0. The summed E-state index contributed by atoms with van der Waals surface area (Å²) < 4.78 is 21.7. The van der Waals surface area contributed by atoms with Crippen LogP contribution >= 0.6 is 0 Å². The average Bonchev–Trinajstić information content (AvgIpc) is 3.22. The Balaban J connectivity index is 1.95. The minimum absolute atomic E-state index is 0.145. The van der Waals surface area contributed by atoms with Gasteiger partial charge in [0.15, 0.2) is 0 Å². The van der Waals surface area contributed by atoms with Crippen LogP contribution in [0.25, 0.3) is 10.9 Å². The third-order valence-electron chi connectivity index (χ3n) is 6.68. The van der Waals surface area contributed by atoms with Crippen LogP contribution in [0.2, 0.25) is 0 Å². The van der Waals surface area contributed by atoms with Crippen molar-refractivity contribution >= 4 is 34.9 Å². The number of carbonyl (C=O) groups excluding carboxylic acids is 4. The van der Waals surface area contributed by atoms with Gasteiger partial charge < -0.3 is 23.8 Å². The molecular formula is C26H28N2O8. The molecule has 36 heavy (non-hydrogen) atoms. The van der Waals surface area contributed by atoms with E-state index in [0.717, 1.165) is 10.9 Å². The van der Waals surface area contributed by atoms with Gasteiger partial charge >= 0.3 is 24.0 Å². The van der Waals surface area contributed by atoms with Crippen LogP contribution < -0.4 is 0 Å². The van der Waals surface area contributed by atoms with E-state index in [2.05, 4.69) is 0 Å². The first-order valence-corrected chi connectivity index (χ1v) is 11.5. The molecule has 0 N–H and O–H groups in total. The maximum Gasteiger partial charge on any atom is 0.418 e. The lowest BCUT2D eigenvalue weighted by atomic mass is 9.69. The zero-order valence-electron chi connectivity index (χ0n) is 20.6. The third-order valence-corrected chi connectivity index (χ3v) is 6.68. The van der Waals surface area contributed by atoms with Gasteiger partial charge in [0.25, 0.3) is 0 Å². The number of aromatic nitrogens is 1. The lowest BCUT2D eigenvalue weighted by Gasteiger charge is -2.45. The Morgan fingerprint density at radius 1 is 1.06 bits per heavy atom. The fraction of sp³-hybridized carbons (Fsp3) is 0.385. The molecule has 2 aliphatic rings. The molecule has 0 saturated carbocycles. The van der Waals surface area contributed by atoms with E-state index in [-0.39, 0.29) is 12.6 Å². The van der Waals surface area contributed by atoms with Crippen LogP contribution in [-0.2, 0) is 33.3 Å². The Morgan fingerprint density at radius 3 is 2.47 bits per heavy atom. The van der Waals surface area contributed by atoms with Crippen molar-refractivity contribution in [3.05, 3.63) is 59.4 Å². The molecule has 0 spiro atoms. The minimum Gasteiger partial charge on any atom is -0.468 e. The van der Waals surface area contributed by atoms with E-state index in [0.29, 0.717) is 29.7 Å². The molecule has 0 unspecified atom stereocenters. The predicted octanol–water partition coefficient (Wildman–Crippen LogP) is 3.07. The van der Waals surface area contributed by atoms with Crippen molar-refractivity contribution in [1.29, 1.82) is 0 Å². The summed E-state index contributed by atoms with van der Waals surface area (Å²) in [4.78, 5) is 51.5. The summed E-state index contributed by atoms with van der Waals surface area (Å²) in [5.41, 5.74) is 2.60. The second-order valence-corrected chi connectivity index (χ2v) is 8.54. The fourth-order valence-corrected chi connectivity index (χ4v) is 5.24. The van der Waals surface area contributed by atoms with Crippen molar-refractivity contribution in [2.75, 3.05) is 34.5 Å². The highest BCUT2D eigenvalue weighted by atomic mass is 16.5. The Bertz CT molecular complexity index is 1270. The van der Waals surface area contributed by atoms with Crippen LogP contribution in [0, 0.1) is 5.92 Å². The molecule has 0 saturated heterocycles. The topological polar surface area (TPSA) is 113 Å².